The highest BCUT2D eigenvalue weighted by Gasteiger charge is 2.41. The molecule has 5 heteroatoms. The average molecular weight is 381 g/mol. The van der Waals surface area contributed by atoms with E-state index in [1.165, 1.54) is 12.1 Å². The van der Waals surface area contributed by atoms with Gasteiger partial charge in [-0.2, -0.15) is 0 Å². The third-order valence-electron chi connectivity index (χ3n) is 4.98. The first-order valence-corrected chi connectivity index (χ1v) is 9.25. The number of terminal acetylenes is 1. The fraction of sp³-hybridized carbons (Fsp3) is 0.348. The van der Waals surface area contributed by atoms with Gasteiger partial charge in [-0.05, 0) is 74.4 Å². The van der Waals surface area contributed by atoms with E-state index in [-0.39, 0.29) is 12.4 Å². The molecule has 4 nitrogen and oxygen atoms in total. The van der Waals surface area contributed by atoms with Gasteiger partial charge < -0.3 is 14.4 Å². The van der Waals surface area contributed by atoms with E-state index in [0.29, 0.717) is 12.2 Å². The van der Waals surface area contributed by atoms with E-state index in [0.717, 1.165) is 36.1 Å². The smallest absolute Gasteiger partial charge is 0.339 e. The SMILES string of the molecule is C#CCOC(=O)c1ccc2c(c1)CO[C@@]2(CCCN(C)C)c1ccc(F)cc1. The van der Waals surface area contributed by atoms with E-state index >= 15 is 0 Å². The second kappa shape index (κ2) is 8.55. The number of carbonyl (C=O) groups excluding carboxylic acids is 1. The Morgan fingerprint density at radius 1 is 1.29 bits per heavy atom. The third-order valence-corrected chi connectivity index (χ3v) is 4.98. The van der Waals surface area contributed by atoms with Crippen LogP contribution in [0.1, 0.15) is 39.9 Å². The Labute approximate surface area is 165 Å². The molecule has 0 N–H and O–H groups in total. The summed E-state index contributed by atoms with van der Waals surface area (Å²) in [5.74, 6) is 1.56. The summed E-state index contributed by atoms with van der Waals surface area (Å²) < 4.78 is 24.8. The summed E-state index contributed by atoms with van der Waals surface area (Å²) in [7, 11) is 4.06. The number of nitrogens with zero attached hydrogens (tertiary/aromatic N) is 1. The van der Waals surface area contributed by atoms with Crippen molar-refractivity contribution in [2.45, 2.75) is 25.0 Å². The van der Waals surface area contributed by atoms with Crippen LogP contribution in [0, 0.1) is 18.2 Å². The molecule has 0 spiro atoms. The Balaban J connectivity index is 1.95. The summed E-state index contributed by atoms with van der Waals surface area (Å²) in [6.07, 6.45) is 6.81. The lowest BCUT2D eigenvalue weighted by Crippen LogP contribution is -2.28. The molecule has 0 radical (unpaired) electrons. The fourth-order valence-corrected chi connectivity index (χ4v) is 3.66. The normalized spacial score (nSPS) is 18.0. The lowest BCUT2D eigenvalue weighted by atomic mass is 9.81. The maximum atomic E-state index is 13.5. The maximum absolute atomic E-state index is 13.5. The lowest BCUT2D eigenvalue weighted by molar-refractivity contribution is -0.0140. The van der Waals surface area contributed by atoms with Crippen molar-refractivity contribution in [2.75, 3.05) is 27.2 Å². The summed E-state index contributed by atoms with van der Waals surface area (Å²) in [6, 6.07) is 11.9. The van der Waals surface area contributed by atoms with Crippen LogP contribution in [0.25, 0.3) is 0 Å². The quantitative estimate of drug-likeness (QED) is 0.541. The molecule has 0 aromatic heterocycles. The van der Waals surface area contributed by atoms with E-state index in [2.05, 4.69) is 10.8 Å². The van der Waals surface area contributed by atoms with Gasteiger partial charge in [0.25, 0.3) is 0 Å². The number of hydrogen-bond acceptors (Lipinski definition) is 4. The summed E-state index contributed by atoms with van der Waals surface area (Å²) in [4.78, 5) is 14.2. The average Bonchev–Trinajstić information content (AvgIpc) is 3.05. The molecular weight excluding hydrogens is 357 g/mol. The van der Waals surface area contributed by atoms with Gasteiger partial charge in [-0.3, -0.25) is 0 Å². The van der Waals surface area contributed by atoms with Crippen LogP contribution in [0.5, 0.6) is 0 Å². The van der Waals surface area contributed by atoms with Gasteiger partial charge in [-0.25, -0.2) is 9.18 Å². The van der Waals surface area contributed by atoms with Gasteiger partial charge in [0.2, 0.25) is 0 Å². The summed E-state index contributed by atoms with van der Waals surface area (Å²) >= 11 is 0. The molecule has 1 aliphatic rings. The monoisotopic (exact) mass is 381 g/mol. The second-order valence-electron chi connectivity index (χ2n) is 7.18. The molecule has 0 unspecified atom stereocenters. The Kier molecular flexibility index (Phi) is 6.13. The zero-order valence-corrected chi connectivity index (χ0v) is 16.2. The molecule has 0 fully saturated rings. The molecule has 2 aromatic rings. The topological polar surface area (TPSA) is 38.8 Å². The van der Waals surface area contributed by atoms with Crippen molar-refractivity contribution >= 4 is 5.97 Å². The molecule has 146 valence electrons. The van der Waals surface area contributed by atoms with E-state index in [4.69, 9.17) is 15.9 Å². The molecule has 0 bridgehead atoms. The van der Waals surface area contributed by atoms with Gasteiger partial charge in [-0.1, -0.05) is 24.1 Å². The van der Waals surface area contributed by atoms with Crippen LogP contribution in [0.15, 0.2) is 42.5 Å². The van der Waals surface area contributed by atoms with Crippen LogP contribution in [0.4, 0.5) is 4.39 Å². The minimum atomic E-state index is -0.652. The Hall–Kier alpha value is -2.68. The minimum Gasteiger partial charge on any atom is -0.449 e. The first-order chi connectivity index (χ1) is 13.5. The summed E-state index contributed by atoms with van der Waals surface area (Å²) in [5.41, 5.74) is 2.64. The highest BCUT2D eigenvalue weighted by Crippen LogP contribution is 2.45. The molecule has 0 amide bonds. The van der Waals surface area contributed by atoms with Crippen LogP contribution in [0.3, 0.4) is 0 Å². The van der Waals surface area contributed by atoms with Gasteiger partial charge >= 0.3 is 5.97 Å². The van der Waals surface area contributed by atoms with Gasteiger partial charge in [0.05, 0.1) is 12.2 Å². The van der Waals surface area contributed by atoms with Gasteiger partial charge in [0.15, 0.2) is 6.61 Å². The third kappa shape index (κ3) is 4.09. The van der Waals surface area contributed by atoms with Gasteiger partial charge in [-0.15, -0.1) is 6.42 Å². The molecule has 0 saturated heterocycles. The van der Waals surface area contributed by atoms with Gasteiger partial charge in [0, 0.05) is 0 Å². The molecule has 0 aliphatic carbocycles. The number of halogens is 1. The molecular formula is C23H24FNO3. The van der Waals surface area contributed by atoms with Crippen molar-refractivity contribution in [1.82, 2.24) is 4.90 Å². The summed E-state index contributed by atoms with van der Waals surface area (Å²) in [5, 5.41) is 0. The van der Waals surface area contributed by atoms with Crippen molar-refractivity contribution in [3.8, 4) is 12.3 Å². The maximum Gasteiger partial charge on any atom is 0.339 e. The molecule has 1 aliphatic heterocycles. The van der Waals surface area contributed by atoms with Crippen LogP contribution < -0.4 is 0 Å². The lowest BCUT2D eigenvalue weighted by Gasteiger charge is -2.31. The van der Waals surface area contributed by atoms with E-state index in [1.807, 2.05) is 20.2 Å². The van der Waals surface area contributed by atoms with Gasteiger partial charge in [0.1, 0.15) is 11.4 Å². The first kappa shape index (κ1) is 20.1. The highest BCUT2D eigenvalue weighted by atomic mass is 19.1. The molecule has 1 atom stereocenters. The standard InChI is InChI=1S/C23H24FNO3/c1-4-14-27-22(26)17-6-11-21-18(15-17)16-28-23(21,12-5-13-25(2)3)19-7-9-20(24)10-8-19/h1,6-11,15H,5,12-14,16H2,2-3H3/t23-/m0/s1. The number of benzene rings is 2. The molecule has 28 heavy (non-hydrogen) atoms. The Morgan fingerprint density at radius 3 is 2.71 bits per heavy atom. The molecule has 1 heterocycles. The predicted octanol–water partition coefficient (Wildman–Crippen LogP) is 3.73. The van der Waals surface area contributed by atoms with Crippen molar-refractivity contribution in [1.29, 1.82) is 0 Å². The number of rotatable bonds is 7. The van der Waals surface area contributed by atoms with Crippen LogP contribution in [-0.2, 0) is 21.7 Å². The van der Waals surface area contributed by atoms with Crippen LogP contribution in [-0.4, -0.2) is 38.1 Å². The van der Waals surface area contributed by atoms with E-state index in [9.17, 15) is 9.18 Å². The largest absolute Gasteiger partial charge is 0.449 e. The first-order valence-electron chi connectivity index (χ1n) is 9.25. The van der Waals surface area contributed by atoms with Crippen molar-refractivity contribution in [3.05, 3.63) is 70.5 Å². The predicted molar refractivity (Wildman–Crippen MR) is 105 cm³/mol. The number of fused-ring (bicyclic) bond motifs is 1. The number of carbonyl (C=O) groups is 1. The zero-order chi connectivity index (χ0) is 20.1. The van der Waals surface area contributed by atoms with E-state index < -0.39 is 11.6 Å². The summed E-state index contributed by atoms with van der Waals surface area (Å²) in [6.45, 7) is 1.24. The molecule has 0 saturated carbocycles. The molecule has 3 rings (SSSR count). The van der Waals surface area contributed by atoms with Crippen molar-refractivity contribution in [2.24, 2.45) is 0 Å². The van der Waals surface area contributed by atoms with Crippen LogP contribution in [0.2, 0.25) is 0 Å². The number of hydrogen-bond donors (Lipinski definition) is 0. The molecule has 2 aromatic carbocycles. The Bertz CT molecular complexity index is 886. The Morgan fingerprint density at radius 2 is 2.04 bits per heavy atom. The van der Waals surface area contributed by atoms with Crippen molar-refractivity contribution in [3.63, 3.8) is 0 Å². The minimum absolute atomic E-state index is 0.0591. The number of ether oxygens (including phenoxy) is 2. The highest BCUT2D eigenvalue weighted by molar-refractivity contribution is 5.90. The number of esters is 1. The zero-order valence-electron chi connectivity index (χ0n) is 16.2. The van der Waals surface area contributed by atoms with Crippen LogP contribution >= 0.6 is 0 Å². The fourth-order valence-electron chi connectivity index (χ4n) is 3.66. The second-order valence-corrected chi connectivity index (χ2v) is 7.18. The van der Waals surface area contributed by atoms with Crippen molar-refractivity contribution < 1.29 is 18.7 Å². The van der Waals surface area contributed by atoms with E-state index in [1.54, 1.807) is 24.3 Å².